The monoisotopic (exact) mass is 313 g/mol. The number of anilines is 1. The van der Waals surface area contributed by atoms with E-state index in [9.17, 15) is 4.79 Å². The van der Waals surface area contributed by atoms with Crippen LogP contribution in [0.15, 0.2) is 42.7 Å². The summed E-state index contributed by atoms with van der Waals surface area (Å²) in [5, 5.41) is 6.16. The SMILES string of the molecule is COc1ccc(CCNC(=O)c2cncc(NC(C)C)c2)cc1. The summed E-state index contributed by atoms with van der Waals surface area (Å²) in [6, 6.07) is 9.95. The van der Waals surface area contributed by atoms with E-state index in [1.165, 1.54) is 0 Å². The molecule has 0 aliphatic heterocycles. The van der Waals surface area contributed by atoms with E-state index in [4.69, 9.17) is 4.74 Å². The molecule has 0 fully saturated rings. The number of benzene rings is 1. The van der Waals surface area contributed by atoms with Gasteiger partial charge in [-0.25, -0.2) is 0 Å². The van der Waals surface area contributed by atoms with Gasteiger partial charge in [-0.1, -0.05) is 12.1 Å². The van der Waals surface area contributed by atoms with Crippen LogP contribution in [0.2, 0.25) is 0 Å². The highest BCUT2D eigenvalue weighted by Crippen LogP contribution is 2.12. The second kappa shape index (κ2) is 8.17. The number of methoxy groups -OCH3 is 1. The third-order valence-corrected chi connectivity index (χ3v) is 3.31. The summed E-state index contributed by atoms with van der Waals surface area (Å²) >= 11 is 0. The van der Waals surface area contributed by atoms with E-state index in [1.807, 2.05) is 44.2 Å². The first-order chi connectivity index (χ1) is 11.1. The maximum Gasteiger partial charge on any atom is 0.252 e. The van der Waals surface area contributed by atoms with Crippen LogP contribution in [0, 0.1) is 0 Å². The molecule has 1 aromatic carbocycles. The van der Waals surface area contributed by atoms with Crippen LogP contribution in [0.1, 0.15) is 29.8 Å². The summed E-state index contributed by atoms with van der Waals surface area (Å²) in [6.45, 7) is 4.66. The van der Waals surface area contributed by atoms with Crippen LogP contribution >= 0.6 is 0 Å². The van der Waals surface area contributed by atoms with Crippen LogP contribution in [0.4, 0.5) is 5.69 Å². The van der Waals surface area contributed by atoms with Gasteiger partial charge in [0.2, 0.25) is 0 Å². The Labute approximate surface area is 137 Å². The van der Waals surface area contributed by atoms with Gasteiger partial charge in [0.25, 0.3) is 5.91 Å². The van der Waals surface area contributed by atoms with E-state index in [2.05, 4.69) is 15.6 Å². The Kier molecular flexibility index (Phi) is 5.97. The summed E-state index contributed by atoms with van der Waals surface area (Å²) in [6.07, 6.45) is 4.06. The zero-order chi connectivity index (χ0) is 16.7. The summed E-state index contributed by atoms with van der Waals surface area (Å²) in [5.74, 6) is 0.719. The van der Waals surface area contributed by atoms with Crippen molar-refractivity contribution < 1.29 is 9.53 Å². The second-order valence-corrected chi connectivity index (χ2v) is 5.62. The van der Waals surface area contributed by atoms with Crippen LogP contribution in [-0.2, 0) is 6.42 Å². The largest absolute Gasteiger partial charge is 0.497 e. The van der Waals surface area contributed by atoms with Crippen molar-refractivity contribution in [2.24, 2.45) is 0 Å². The van der Waals surface area contributed by atoms with Gasteiger partial charge in [0.1, 0.15) is 5.75 Å². The van der Waals surface area contributed by atoms with Crippen molar-refractivity contribution in [3.8, 4) is 5.75 Å². The lowest BCUT2D eigenvalue weighted by molar-refractivity contribution is 0.0954. The third kappa shape index (κ3) is 5.29. The third-order valence-electron chi connectivity index (χ3n) is 3.31. The Hall–Kier alpha value is -2.56. The van der Waals surface area contributed by atoms with E-state index in [0.29, 0.717) is 18.2 Å². The topological polar surface area (TPSA) is 63.2 Å². The van der Waals surface area contributed by atoms with Crippen LogP contribution in [0.5, 0.6) is 5.75 Å². The molecule has 0 unspecified atom stereocenters. The molecular formula is C18H23N3O2. The zero-order valence-corrected chi connectivity index (χ0v) is 13.8. The Morgan fingerprint density at radius 3 is 2.61 bits per heavy atom. The molecule has 5 nitrogen and oxygen atoms in total. The lowest BCUT2D eigenvalue weighted by Gasteiger charge is -2.11. The first-order valence-electron chi connectivity index (χ1n) is 7.71. The van der Waals surface area contributed by atoms with Crippen molar-refractivity contribution in [3.05, 3.63) is 53.9 Å². The molecule has 122 valence electrons. The lowest BCUT2D eigenvalue weighted by Crippen LogP contribution is -2.26. The van der Waals surface area contributed by atoms with Crippen LogP contribution in [-0.4, -0.2) is 30.6 Å². The van der Waals surface area contributed by atoms with Crippen molar-refractivity contribution >= 4 is 11.6 Å². The first kappa shape index (κ1) is 16.8. The molecule has 0 saturated carbocycles. The predicted octanol–water partition coefficient (Wildman–Crippen LogP) is 2.88. The average Bonchev–Trinajstić information content (AvgIpc) is 2.55. The minimum Gasteiger partial charge on any atom is -0.497 e. The number of carbonyl (C=O) groups is 1. The number of hydrogen-bond acceptors (Lipinski definition) is 4. The number of amides is 1. The highest BCUT2D eigenvalue weighted by atomic mass is 16.5. The molecule has 5 heteroatoms. The number of aromatic nitrogens is 1. The fourth-order valence-electron chi connectivity index (χ4n) is 2.19. The van der Waals surface area contributed by atoms with Gasteiger partial charge in [-0.05, 0) is 44.0 Å². The quantitative estimate of drug-likeness (QED) is 0.825. The highest BCUT2D eigenvalue weighted by molar-refractivity contribution is 5.94. The summed E-state index contributed by atoms with van der Waals surface area (Å²) < 4.78 is 5.13. The predicted molar refractivity (Wildman–Crippen MR) is 92.0 cm³/mol. The summed E-state index contributed by atoms with van der Waals surface area (Å²) in [7, 11) is 1.64. The van der Waals surface area contributed by atoms with Crippen molar-refractivity contribution in [1.82, 2.24) is 10.3 Å². The Morgan fingerprint density at radius 1 is 1.22 bits per heavy atom. The van der Waals surface area contributed by atoms with Gasteiger partial charge in [0, 0.05) is 25.0 Å². The molecule has 0 radical (unpaired) electrons. The molecule has 1 amide bonds. The Balaban J connectivity index is 1.86. The van der Waals surface area contributed by atoms with Crippen LogP contribution in [0.3, 0.4) is 0 Å². The maximum atomic E-state index is 12.2. The van der Waals surface area contributed by atoms with Gasteiger partial charge in [-0.3, -0.25) is 9.78 Å². The van der Waals surface area contributed by atoms with E-state index >= 15 is 0 Å². The number of nitrogens with zero attached hydrogens (tertiary/aromatic N) is 1. The molecule has 0 atom stereocenters. The number of ether oxygens (including phenoxy) is 1. The molecule has 2 aromatic rings. The number of nitrogens with one attached hydrogen (secondary N) is 2. The Bertz CT molecular complexity index is 639. The Morgan fingerprint density at radius 2 is 1.96 bits per heavy atom. The number of carbonyl (C=O) groups excluding carboxylic acids is 1. The van der Waals surface area contributed by atoms with Crippen molar-refractivity contribution in [2.75, 3.05) is 19.0 Å². The number of pyridine rings is 1. The second-order valence-electron chi connectivity index (χ2n) is 5.62. The van der Waals surface area contributed by atoms with Gasteiger partial charge in [0.05, 0.1) is 18.4 Å². The van der Waals surface area contributed by atoms with Gasteiger partial charge >= 0.3 is 0 Å². The molecule has 0 saturated heterocycles. The smallest absolute Gasteiger partial charge is 0.252 e. The van der Waals surface area contributed by atoms with Gasteiger partial charge in [-0.15, -0.1) is 0 Å². The molecule has 1 aromatic heterocycles. The maximum absolute atomic E-state index is 12.2. The van der Waals surface area contributed by atoms with Gasteiger partial charge in [0.15, 0.2) is 0 Å². The van der Waals surface area contributed by atoms with Crippen LogP contribution in [0.25, 0.3) is 0 Å². The van der Waals surface area contributed by atoms with E-state index in [-0.39, 0.29) is 5.91 Å². The van der Waals surface area contributed by atoms with E-state index in [0.717, 1.165) is 23.4 Å². The molecule has 0 spiro atoms. The van der Waals surface area contributed by atoms with Gasteiger partial charge in [-0.2, -0.15) is 0 Å². The number of hydrogen-bond donors (Lipinski definition) is 2. The molecule has 0 aliphatic carbocycles. The molecular weight excluding hydrogens is 290 g/mol. The fraction of sp³-hybridized carbons (Fsp3) is 0.333. The normalized spacial score (nSPS) is 10.4. The van der Waals surface area contributed by atoms with Crippen molar-refractivity contribution in [2.45, 2.75) is 26.3 Å². The number of rotatable bonds is 7. The minimum absolute atomic E-state index is 0.113. The van der Waals surface area contributed by atoms with Crippen LogP contribution < -0.4 is 15.4 Å². The average molecular weight is 313 g/mol. The van der Waals surface area contributed by atoms with Crippen molar-refractivity contribution in [1.29, 1.82) is 0 Å². The summed E-state index contributed by atoms with van der Waals surface area (Å²) in [4.78, 5) is 16.3. The lowest BCUT2D eigenvalue weighted by atomic mass is 10.1. The van der Waals surface area contributed by atoms with E-state index < -0.39 is 0 Å². The molecule has 2 N–H and O–H groups in total. The molecule has 23 heavy (non-hydrogen) atoms. The first-order valence-corrected chi connectivity index (χ1v) is 7.71. The highest BCUT2D eigenvalue weighted by Gasteiger charge is 2.07. The minimum atomic E-state index is -0.113. The molecule has 0 bridgehead atoms. The fourth-order valence-corrected chi connectivity index (χ4v) is 2.19. The standard InChI is InChI=1S/C18H23N3O2/c1-13(2)21-16-10-15(11-19-12-16)18(22)20-9-8-14-4-6-17(23-3)7-5-14/h4-7,10-13,21H,8-9H2,1-3H3,(H,20,22). The molecule has 2 rings (SSSR count). The molecule has 0 aliphatic rings. The zero-order valence-electron chi connectivity index (χ0n) is 13.8. The summed E-state index contributed by atoms with van der Waals surface area (Å²) in [5.41, 5.74) is 2.56. The van der Waals surface area contributed by atoms with Gasteiger partial charge < -0.3 is 15.4 Å². The van der Waals surface area contributed by atoms with Crippen molar-refractivity contribution in [3.63, 3.8) is 0 Å². The van der Waals surface area contributed by atoms with E-state index in [1.54, 1.807) is 19.5 Å². The molecule has 1 heterocycles.